The Morgan fingerprint density at radius 2 is 0.952 bits per heavy atom. The minimum absolute atomic E-state index is 0. The van der Waals surface area contributed by atoms with Crippen LogP contribution in [0, 0.1) is 0 Å². The van der Waals surface area contributed by atoms with Gasteiger partial charge >= 0.3 is 59.1 Å². The van der Waals surface area contributed by atoms with Gasteiger partial charge < -0.3 is 9.11 Å². The van der Waals surface area contributed by atoms with Crippen molar-refractivity contribution in [3.05, 3.63) is 36.4 Å². The molecule has 0 aliphatic rings. The Hall–Kier alpha value is 0.810. The summed E-state index contributed by atoms with van der Waals surface area (Å²) in [6.07, 6.45) is 0. The van der Waals surface area contributed by atoms with Crippen LogP contribution in [0.25, 0.3) is 10.8 Å². The number of rotatable bonds is 2. The van der Waals surface area contributed by atoms with Gasteiger partial charge in [-0.15, -0.1) is 12.4 Å². The summed E-state index contributed by atoms with van der Waals surface area (Å²) >= 11 is 0. The molecule has 21 heavy (non-hydrogen) atoms. The maximum absolute atomic E-state index is 11.0. The van der Waals surface area contributed by atoms with E-state index in [1.807, 2.05) is 0 Å². The molecule has 6 nitrogen and oxygen atoms in total. The average molecular weight is 369 g/mol. The van der Waals surface area contributed by atoms with Gasteiger partial charge in [-0.25, -0.2) is 16.8 Å². The summed E-state index contributed by atoms with van der Waals surface area (Å²) in [4.78, 5) is -1.10. The number of fused-ring (bicyclic) bond motifs is 1. The summed E-state index contributed by atoms with van der Waals surface area (Å²) in [6, 6.07) is 7.09. The van der Waals surface area contributed by atoms with Crippen molar-refractivity contribution in [1.82, 2.24) is 0 Å². The van der Waals surface area contributed by atoms with E-state index in [1.165, 1.54) is 24.3 Å². The molecule has 0 saturated carbocycles. The Balaban J connectivity index is 0. The molecule has 0 bridgehead atoms. The van der Waals surface area contributed by atoms with Gasteiger partial charge in [-0.05, 0) is 12.1 Å². The molecule has 0 aromatic heterocycles. The van der Waals surface area contributed by atoms with Gasteiger partial charge in [0.05, 0.1) is 9.79 Å². The predicted molar refractivity (Wildman–Crippen MR) is 67.1 cm³/mol. The number of hydrogen-bond acceptors (Lipinski definition) is 6. The van der Waals surface area contributed by atoms with Crippen molar-refractivity contribution in [3.63, 3.8) is 0 Å². The fourth-order valence-electron chi connectivity index (χ4n) is 1.69. The standard InChI is InChI=1S/C10H8O6S2.ClH.2Na/c11-17(12,13)9-5-1-3-7-8(9)4-2-6-10(7)18(14,15)16;;;/h1-6H,(H,11,12,13)(H,14,15,16);1H;;/q;;2*+1/p-2. The summed E-state index contributed by atoms with van der Waals surface area (Å²) in [6.45, 7) is 0. The Kier molecular flexibility index (Phi) is 9.86. The topological polar surface area (TPSA) is 114 Å². The van der Waals surface area contributed by atoms with Crippen LogP contribution in [-0.4, -0.2) is 25.9 Å². The van der Waals surface area contributed by atoms with Gasteiger partial charge in [-0.3, -0.25) is 0 Å². The molecule has 0 spiro atoms. The first-order valence-corrected chi connectivity index (χ1v) is 7.46. The van der Waals surface area contributed by atoms with Crippen LogP contribution in [0.1, 0.15) is 0 Å². The average Bonchev–Trinajstić information content (AvgIpc) is 2.24. The van der Waals surface area contributed by atoms with Gasteiger partial charge in [0.2, 0.25) is 0 Å². The Morgan fingerprint density at radius 3 is 1.19 bits per heavy atom. The summed E-state index contributed by atoms with van der Waals surface area (Å²) in [5, 5.41) is -0.158. The molecule has 104 valence electrons. The van der Waals surface area contributed by atoms with Gasteiger partial charge in [-0.2, -0.15) is 0 Å². The Bertz CT molecular complexity index is 764. The molecule has 11 heteroatoms. The molecule has 0 unspecified atom stereocenters. The minimum Gasteiger partial charge on any atom is -0.744 e. The third-order valence-electron chi connectivity index (χ3n) is 2.38. The van der Waals surface area contributed by atoms with E-state index in [9.17, 15) is 25.9 Å². The predicted octanol–water partition coefficient (Wildman–Crippen LogP) is -4.92. The molecule has 0 radical (unpaired) electrons. The van der Waals surface area contributed by atoms with Gasteiger partial charge in [0.25, 0.3) is 0 Å². The fraction of sp³-hybridized carbons (Fsp3) is 0. The molecule has 2 rings (SSSR count). The third-order valence-corrected chi connectivity index (χ3v) is 4.17. The Morgan fingerprint density at radius 1 is 0.667 bits per heavy atom. The van der Waals surface area contributed by atoms with E-state index < -0.39 is 30.0 Å². The van der Waals surface area contributed by atoms with Crippen molar-refractivity contribution in [1.29, 1.82) is 0 Å². The van der Waals surface area contributed by atoms with E-state index in [0.29, 0.717) is 0 Å². The first kappa shape index (κ1) is 24.1. The van der Waals surface area contributed by atoms with Crippen LogP contribution in [0.4, 0.5) is 0 Å². The zero-order valence-corrected chi connectivity index (χ0v) is 17.6. The molecule has 0 N–H and O–H groups in total. The first-order valence-electron chi connectivity index (χ1n) is 4.65. The SMILES string of the molecule is Cl.O=S(=O)([O-])c1cccc2c(S(=O)(=O)[O-])cccc12.[Na+].[Na+]. The van der Waals surface area contributed by atoms with Crippen molar-refractivity contribution in [2.24, 2.45) is 0 Å². The molecular weight excluding hydrogens is 362 g/mol. The van der Waals surface area contributed by atoms with Crippen LogP contribution in [0.3, 0.4) is 0 Å². The molecule has 0 saturated heterocycles. The van der Waals surface area contributed by atoms with Crippen molar-refractivity contribution >= 4 is 43.4 Å². The van der Waals surface area contributed by atoms with Gasteiger partial charge in [-0.1, -0.05) is 24.3 Å². The van der Waals surface area contributed by atoms with Crippen molar-refractivity contribution < 1.29 is 85.1 Å². The van der Waals surface area contributed by atoms with E-state index in [1.54, 1.807) is 0 Å². The molecule has 0 aliphatic carbocycles. The number of benzene rings is 2. The molecular formula is C10H7ClNa2O6S2. The molecule has 2 aromatic carbocycles. The van der Waals surface area contributed by atoms with Crippen molar-refractivity contribution in [2.45, 2.75) is 9.79 Å². The largest absolute Gasteiger partial charge is 1.00 e. The molecule has 2 aromatic rings. The second kappa shape index (κ2) is 8.60. The normalized spacial score (nSPS) is 11.0. The van der Waals surface area contributed by atoms with E-state index in [-0.39, 0.29) is 82.3 Å². The zero-order chi connectivity index (χ0) is 13.6. The van der Waals surface area contributed by atoms with E-state index in [4.69, 9.17) is 0 Å². The quantitative estimate of drug-likeness (QED) is 0.387. The second-order valence-corrected chi connectivity index (χ2v) is 6.21. The summed E-state index contributed by atoms with van der Waals surface area (Å²) in [5.41, 5.74) is 0. The fourth-order valence-corrected chi connectivity index (χ4v) is 3.07. The van der Waals surface area contributed by atoms with Crippen LogP contribution in [-0.2, 0) is 20.2 Å². The maximum atomic E-state index is 11.0. The van der Waals surface area contributed by atoms with Crippen molar-refractivity contribution in [3.8, 4) is 0 Å². The van der Waals surface area contributed by atoms with Crippen LogP contribution < -0.4 is 59.1 Å². The van der Waals surface area contributed by atoms with Gasteiger partial charge in [0.15, 0.2) is 0 Å². The summed E-state index contributed by atoms with van der Waals surface area (Å²) < 4.78 is 66.1. The summed E-state index contributed by atoms with van der Waals surface area (Å²) in [7, 11) is -9.48. The smallest absolute Gasteiger partial charge is 0.744 e. The van der Waals surface area contributed by atoms with Crippen LogP contribution in [0.5, 0.6) is 0 Å². The van der Waals surface area contributed by atoms with Crippen molar-refractivity contribution in [2.75, 3.05) is 0 Å². The van der Waals surface area contributed by atoms with Crippen LogP contribution in [0.2, 0.25) is 0 Å². The molecule has 0 amide bonds. The van der Waals surface area contributed by atoms with Crippen LogP contribution >= 0.6 is 12.4 Å². The Labute approximate surface area is 172 Å². The summed E-state index contributed by atoms with van der Waals surface area (Å²) in [5.74, 6) is 0. The van der Waals surface area contributed by atoms with Crippen LogP contribution in [0.15, 0.2) is 46.2 Å². The van der Waals surface area contributed by atoms with Gasteiger partial charge in [0.1, 0.15) is 20.2 Å². The maximum Gasteiger partial charge on any atom is 1.00 e. The second-order valence-electron chi connectivity index (χ2n) is 3.52. The number of hydrogen-bond donors (Lipinski definition) is 0. The molecule has 0 heterocycles. The van der Waals surface area contributed by atoms with Gasteiger partial charge in [0, 0.05) is 10.8 Å². The minimum atomic E-state index is -4.74. The molecule has 0 aliphatic heterocycles. The zero-order valence-electron chi connectivity index (χ0n) is 11.1. The van der Waals surface area contributed by atoms with E-state index in [2.05, 4.69) is 0 Å². The number of halogens is 1. The molecule has 0 fully saturated rings. The third kappa shape index (κ3) is 5.43. The first-order chi connectivity index (χ1) is 8.21. The van der Waals surface area contributed by atoms with E-state index >= 15 is 0 Å². The van der Waals surface area contributed by atoms with E-state index in [0.717, 1.165) is 12.1 Å². The monoisotopic (exact) mass is 368 g/mol. The molecule has 0 atom stereocenters.